The van der Waals surface area contributed by atoms with Crippen LogP contribution in [0.5, 0.6) is 0 Å². The van der Waals surface area contributed by atoms with E-state index in [1.807, 2.05) is 51.1 Å². The number of carbonyl (C=O) groups excluding carboxylic acids is 3. The number of amides is 2. The van der Waals surface area contributed by atoms with Crippen LogP contribution in [0.4, 0.5) is 0 Å². The standard InChI is InChI=1S/C24H31N3O5/c1-24(2,3)32-20(28)12-8-9-13-26-21(29)18-14-19(22(30)25-4)23(31)27(16-18)15-17-10-6-5-7-11-17/h5-7,10-11,14,16H,8-9,12-13,15H2,1-4H3,(H,25,30)(H,26,29). The van der Waals surface area contributed by atoms with Crippen molar-refractivity contribution in [1.29, 1.82) is 0 Å². The first-order valence-electron chi connectivity index (χ1n) is 10.6. The van der Waals surface area contributed by atoms with Crippen molar-refractivity contribution < 1.29 is 19.1 Å². The van der Waals surface area contributed by atoms with Crippen LogP contribution in [0.1, 0.15) is 66.3 Å². The average molecular weight is 442 g/mol. The fourth-order valence-electron chi connectivity index (χ4n) is 3.05. The number of nitrogens with one attached hydrogen (secondary N) is 2. The number of hydrogen-bond acceptors (Lipinski definition) is 5. The highest BCUT2D eigenvalue weighted by atomic mass is 16.6. The normalized spacial score (nSPS) is 11.0. The van der Waals surface area contributed by atoms with Crippen LogP contribution >= 0.6 is 0 Å². The number of nitrogens with zero attached hydrogens (tertiary/aromatic N) is 1. The number of aromatic nitrogens is 1. The maximum Gasteiger partial charge on any atom is 0.306 e. The Hall–Kier alpha value is -3.42. The number of benzene rings is 1. The maximum atomic E-state index is 12.7. The van der Waals surface area contributed by atoms with Crippen molar-refractivity contribution in [1.82, 2.24) is 15.2 Å². The lowest BCUT2D eigenvalue weighted by Crippen LogP contribution is -2.34. The van der Waals surface area contributed by atoms with Crippen LogP contribution in [0, 0.1) is 0 Å². The summed E-state index contributed by atoms with van der Waals surface area (Å²) >= 11 is 0. The van der Waals surface area contributed by atoms with E-state index in [9.17, 15) is 19.2 Å². The van der Waals surface area contributed by atoms with Gasteiger partial charge in [0.05, 0.1) is 12.1 Å². The van der Waals surface area contributed by atoms with Gasteiger partial charge < -0.3 is 19.9 Å². The van der Waals surface area contributed by atoms with Gasteiger partial charge >= 0.3 is 5.97 Å². The molecule has 172 valence electrons. The molecule has 2 rings (SSSR count). The molecule has 0 unspecified atom stereocenters. The van der Waals surface area contributed by atoms with Gasteiger partial charge in [-0.05, 0) is 45.2 Å². The Morgan fingerprint density at radius 2 is 1.72 bits per heavy atom. The minimum Gasteiger partial charge on any atom is -0.460 e. The molecule has 1 aromatic carbocycles. The summed E-state index contributed by atoms with van der Waals surface area (Å²) in [5.74, 6) is -1.22. The molecule has 0 aliphatic carbocycles. The largest absolute Gasteiger partial charge is 0.460 e. The molecule has 0 bridgehead atoms. The van der Waals surface area contributed by atoms with Gasteiger partial charge in [-0.25, -0.2) is 0 Å². The van der Waals surface area contributed by atoms with Gasteiger partial charge in [0.1, 0.15) is 11.2 Å². The molecule has 32 heavy (non-hydrogen) atoms. The van der Waals surface area contributed by atoms with E-state index in [-0.39, 0.29) is 30.1 Å². The average Bonchev–Trinajstić information content (AvgIpc) is 2.73. The predicted molar refractivity (Wildman–Crippen MR) is 122 cm³/mol. The molecule has 2 amide bonds. The van der Waals surface area contributed by atoms with E-state index < -0.39 is 23.0 Å². The van der Waals surface area contributed by atoms with E-state index in [0.29, 0.717) is 19.4 Å². The van der Waals surface area contributed by atoms with Crippen molar-refractivity contribution in [2.75, 3.05) is 13.6 Å². The summed E-state index contributed by atoms with van der Waals surface area (Å²) in [6, 6.07) is 10.6. The second kappa shape index (κ2) is 11.3. The number of pyridine rings is 1. The highest BCUT2D eigenvalue weighted by Crippen LogP contribution is 2.10. The van der Waals surface area contributed by atoms with Crippen molar-refractivity contribution in [3.63, 3.8) is 0 Å². The van der Waals surface area contributed by atoms with Crippen molar-refractivity contribution in [2.45, 2.75) is 52.2 Å². The van der Waals surface area contributed by atoms with Crippen LogP contribution in [0.25, 0.3) is 0 Å². The predicted octanol–water partition coefficient (Wildman–Crippen LogP) is 2.50. The Labute approximate surface area is 188 Å². The Bertz CT molecular complexity index is 1010. The van der Waals surface area contributed by atoms with Gasteiger partial charge in [-0.2, -0.15) is 0 Å². The van der Waals surface area contributed by atoms with E-state index in [4.69, 9.17) is 4.74 Å². The molecule has 0 fully saturated rings. The Morgan fingerprint density at radius 3 is 2.34 bits per heavy atom. The first kappa shape index (κ1) is 24.8. The third kappa shape index (κ3) is 7.68. The minimum absolute atomic E-state index is 0.0963. The molecule has 0 aliphatic rings. The van der Waals surface area contributed by atoms with Crippen molar-refractivity contribution >= 4 is 17.8 Å². The zero-order valence-electron chi connectivity index (χ0n) is 19.1. The molecule has 0 atom stereocenters. The fourth-order valence-corrected chi connectivity index (χ4v) is 3.05. The molecule has 0 radical (unpaired) electrons. The molecule has 2 aromatic rings. The molecular formula is C24H31N3O5. The quantitative estimate of drug-likeness (QED) is 0.459. The fraction of sp³-hybridized carbons (Fsp3) is 0.417. The number of hydrogen-bond donors (Lipinski definition) is 2. The van der Waals surface area contributed by atoms with Crippen LogP contribution in [0.2, 0.25) is 0 Å². The SMILES string of the molecule is CNC(=O)c1cc(C(=O)NCCCCC(=O)OC(C)(C)C)cn(Cc2ccccc2)c1=O. The molecule has 8 heteroatoms. The van der Waals surface area contributed by atoms with Crippen LogP contribution in [0.15, 0.2) is 47.4 Å². The minimum atomic E-state index is -0.552. The molecule has 1 heterocycles. The van der Waals surface area contributed by atoms with Gasteiger partial charge in [-0.3, -0.25) is 19.2 Å². The molecule has 1 aromatic heterocycles. The first-order valence-corrected chi connectivity index (χ1v) is 10.6. The van der Waals surface area contributed by atoms with E-state index in [1.165, 1.54) is 23.9 Å². The van der Waals surface area contributed by atoms with Gasteiger partial charge in [-0.1, -0.05) is 30.3 Å². The van der Waals surface area contributed by atoms with Crippen molar-refractivity contribution in [2.24, 2.45) is 0 Å². The van der Waals surface area contributed by atoms with E-state index in [0.717, 1.165) is 5.56 Å². The lowest BCUT2D eigenvalue weighted by Gasteiger charge is -2.19. The molecule has 2 N–H and O–H groups in total. The van der Waals surface area contributed by atoms with E-state index >= 15 is 0 Å². The van der Waals surface area contributed by atoms with Gasteiger partial charge in [0.25, 0.3) is 17.4 Å². The van der Waals surface area contributed by atoms with Crippen LogP contribution in [0.3, 0.4) is 0 Å². The van der Waals surface area contributed by atoms with Crippen LogP contribution in [-0.4, -0.2) is 41.5 Å². The summed E-state index contributed by atoms with van der Waals surface area (Å²) in [4.78, 5) is 49.3. The van der Waals surface area contributed by atoms with E-state index in [1.54, 1.807) is 0 Å². The van der Waals surface area contributed by atoms with Gasteiger partial charge in [0, 0.05) is 26.2 Å². The number of esters is 1. The highest BCUT2D eigenvalue weighted by Gasteiger charge is 2.18. The number of ether oxygens (including phenoxy) is 1. The molecule has 0 aliphatic heterocycles. The number of rotatable bonds is 9. The summed E-state index contributed by atoms with van der Waals surface area (Å²) in [5.41, 5.74) is 0.00273. The molecule has 0 saturated carbocycles. The second-order valence-corrected chi connectivity index (χ2v) is 8.44. The number of carbonyl (C=O) groups is 3. The number of unbranched alkanes of at least 4 members (excludes halogenated alkanes) is 1. The van der Waals surface area contributed by atoms with Crippen LogP contribution in [-0.2, 0) is 16.1 Å². The maximum absolute atomic E-state index is 12.7. The Morgan fingerprint density at radius 1 is 1.03 bits per heavy atom. The summed E-state index contributed by atoms with van der Waals surface area (Å²) in [6.07, 6.45) is 2.90. The van der Waals surface area contributed by atoms with E-state index in [2.05, 4.69) is 10.6 Å². The molecule has 0 spiro atoms. The topological polar surface area (TPSA) is 106 Å². The first-order chi connectivity index (χ1) is 15.1. The summed E-state index contributed by atoms with van der Waals surface area (Å²) < 4.78 is 6.62. The van der Waals surface area contributed by atoms with Gasteiger partial charge in [0.2, 0.25) is 0 Å². The highest BCUT2D eigenvalue weighted by molar-refractivity contribution is 5.99. The van der Waals surface area contributed by atoms with Gasteiger partial charge in [0.15, 0.2) is 0 Å². The summed E-state index contributed by atoms with van der Waals surface area (Å²) in [7, 11) is 1.43. The zero-order chi connectivity index (χ0) is 23.7. The van der Waals surface area contributed by atoms with Gasteiger partial charge in [-0.15, -0.1) is 0 Å². The van der Waals surface area contributed by atoms with Crippen molar-refractivity contribution in [3.8, 4) is 0 Å². The Balaban J connectivity index is 2.05. The molecule has 0 saturated heterocycles. The van der Waals surface area contributed by atoms with Crippen LogP contribution < -0.4 is 16.2 Å². The molecule has 8 nitrogen and oxygen atoms in total. The smallest absolute Gasteiger partial charge is 0.306 e. The lowest BCUT2D eigenvalue weighted by atomic mass is 10.1. The lowest BCUT2D eigenvalue weighted by molar-refractivity contribution is -0.154. The summed E-state index contributed by atoms with van der Waals surface area (Å²) in [6.45, 7) is 6.04. The third-order valence-corrected chi connectivity index (χ3v) is 4.53. The monoisotopic (exact) mass is 441 g/mol. The zero-order valence-corrected chi connectivity index (χ0v) is 19.1. The summed E-state index contributed by atoms with van der Waals surface area (Å²) in [5, 5.41) is 5.22. The Kier molecular flexibility index (Phi) is 8.75. The second-order valence-electron chi connectivity index (χ2n) is 8.44. The third-order valence-electron chi connectivity index (χ3n) is 4.53. The van der Waals surface area contributed by atoms with Crippen molar-refractivity contribution in [3.05, 3.63) is 69.6 Å². The molecular weight excluding hydrogens is 410 g/mol.